The minimum atomic E-state index is -4.32. The Hall–Kier alpha value is -2.35. The van der Waals surface area contributed by atoms with E-state index >= 15 is 0 Å². The number of alkyl halides is 3. The van der Waals surface area contributed by atoms with Gasteiger partial charge in [-0.3, -0.25) is 14.7 Å². The second-order valence-electron chi connectivity index (χ2n) is 6.30. The van der Waals surface area contributed by atoms with Crippen LogP contribution in [0.5, 0.6) is 0 Å². The van der Waals surface area contributed by atoms with Crippen LogP contribution >= 0.6 is 0 Å². The van der Waals surface area contributed by atoms with Crippen LogP contribution in [0.2, 0.25) is 0 Å². The van der Waals surface area contributed by atoms with Gasteiger partial charge in [-0.25, -0.2) is 5.48 Å². The second kappa shape index (κ2) is 6.51. The molecule has 0 bridgehead atoms. The number of carbonyl (C=O) groups is 1. The van der Waals surface area contributed by atoms with Gasteiger partial charge >= 0.3 is 6.18 Å². The van der Waals surface area contributed by atoms with Crippen LogP contribution in [0.4, 0.5) is 13.2 Å². The number of aryl methyl sites for hydroxylation is 2. The maximum absolute atomic E-state index is 12.5. The van der Waals surface area contributed by atoms with Crippen molar-refractivity contribution in [2.75, 3.05) is 0 Å². The molecule has 2 N–H and O–H groups in total. The van der Waals surface area contributed by atoms with Gasteiger partial charge in [-0.1, -0.05) is 30.3 Å². The Balaban J connectivity index is 1.89. The van der Waals surface area contributed by atoms with Crippen molar-refractivity contribution in [3.63, 3.8) is 0 Å². The average molecular weight is 353 g/mol. The molecule has 1 aliphatic carbocycles. The summed E-state index contributed by atoms with van der Waals surface area (Å²) >= 11 is 0. The third kappa shape index (κ3) is 3.53. The first-order chi connectivity index (χ1) is 11.8. The van der Waals surface area contributed by atoms with Gasteiger partial charge in [0, 0.05) is 6.20 Å². The van der Waals surface area contributed by atoms with Crippen LogP contribution in [-0.2, 0) is 29.6 Å². The molecule has 0 saturated heterocycles. The molecule has 5 nitrogen and oxygen atoms in total. The second-order valence-corrected chi connectivity index (χ2v) is 6.30. The van der Waals surface area contributed by atoms with Gasteiger partial charge < -0.3 is 0 Å². The van der Waals surface area contributed by atoms with Crippen molar-refractivity contribution in [2.45, 2.75) is 43.8 Å². The summed E-state index contributed by atoms with van der Waals surface area (Å²) in [5.41, 5.74) is 2.88. The predicted molar refractivity (Wildman–Crippen MR) is 83.0 cm³/mol. The van der Waals surface area contributed by atoms with Crippen LogP contribution in [0.15, 0.2) is 36.5 Å². The molecule has 0 radical (unpaired) electrons. The molecule has 134 valence electrons. The summed E-state index contributed by atoms with van der Waals surface area (Å²) in [6.07, 6.45) is -1.40. The summed E-state index contributed by atoms with van der Waals surface area (Å²) in [5, 5.41) is 13.2. The topological polar surface area (TPSA) is 67.2 Å². The molecular weight excluding hydrogens is 335 g/mol. The molecule has 0 spiro atoms. The third-order valence-electron chi connectivity index (χ3n) is 4.74. The quantitative estimate of drug-likeness (QED) is 0.507. The lowest BCUT2D eigenvalue weighted by atomic mass is 9.73. The Bertz CT molecular complexity index is 731. The van der Waals surface area contributed by atoms with Crippen molar-refractivity contribution in [2.24, 2.45) is 0 Å². The number of benzene rings is 1. The Morgan fingerprint density at radius 2 is 1.92 bits per heavy atom. The predicted octanol–water partition coefficient (Wildman–Crippen LogP) is 2.77. The molecule has 1 unspecified atom stereocenters. The van der Waals surface area contributed by atoms with Crippen LogP contribution in [0.1, 0.15) is 29.7 Å². The van der Waals surface area contributed by atoms with Crippen LogP contribution in [0.25, 0.3) is 0 Å². The summed E-state index contributed by atoms with van der Waals surface area (Å²) < 4.78 is 38.5. The van der Waals surface area contributed by atoms with E-state index in [9.17, 15) is 23.2 Å². The number of fused-ring (bicyclic) bond motifs is 1. The zero-order valence-electron chi connectivity index (χ0n) is 13.4. The first-order valence-corrected chi connectivity index (χ1v) is 7.96. The Labute approximate surface area is 142 Å². The molecule has 0 fully saturated rings. The molecule has 3 rings (SSSR count). The third-order valence-corrected chi connectivity index (χ3v) is 4.74. The highest BCUT2D eigenvalue weighted by Crippen LogP contribution is 2.38. The van der Waals surface area contributed by atoms with Gasteiger partial charge in [0.2, 0.25) is 0 Å². The van der Waals surface area contributed by atoms with Gasteiger partial charge in [-0.2, -0.15) is 18.3 Å². The SMILES string of the molecule is O=C(NO)C1(c2ccccc2)CCc2cn(CC(F)(F)F)nc2CC1. The largest absolute Gasteiger partial charge is 0.408 e. The lowest BCUT2D eigenvalue weighted by Gasteiger charge is -2.30. The number of aromatic nitrogens is 2. The van der Waals surface area contributed by atoms with Crippen molar-refractivity contribution in [1.29, 1.82) is 0 Å². The fourth-order valence-corrected chi connectivity index (χ4v) is 3.50. The van der Waals surface area contributed by atoms with Gasteiger partial charge in [0.05, 0.1) is 11.1 Å². The number of nitrogens with one attached hydrogen (secondary N) is 1. The van der Waals surface area contributed by atoms with Crippen LogP contribution in [0.3, 0.4) is 0 Å². The number of rotatable bonds is 3. The van der Waals surface area contributed by atoms with Gasteiger partial charge in [-0.05, 0) is 36.8 Å². The average Bonchev–Trinajstić information content (AvgIpc) is 2.86. The van der Waals surface area contributed by atoms with Gasteiger partial charge in [-0.15, -0.1) is 0 Å². The highest BCUT2D eigenvalue weighted by molar-refractivity contribution is 5.87. The molecule has 1 amide bonds. The Morgan fingerprint density at radius 3 is 2.56 bits per heavy atom. The Kier molecular flexibility index (Phi) is 4.55. The van der Waals surface area contributed by atoms with E-state index in [-0.39, 0.29) is 0 Å². The molecule has 1 heterocycles. The molecule has 0 saturated carbocycles. The molecular formula is C17H18F3N3O2. The number of halogens is 3. The standard InChI is InChI=1S/C17H18F3N3O2/c18-17(19,20)11-23-10-12-6-8-16(15(24)22-25,9-7-14(12)21-23)13-4-2-1-3-5-13/h1-5,10,25H,6-9,11H2,(H,22,24). The van der Waals surface area contributed by atoms with E-state index in [1.807, 2.05) is 30.3 Å². The first kappa shape index (κ1) is 17.5. The lowest BCUT2D eigenvalue weighted by Crippen LogP contribution is -2.43. The number of hydrogen-bond donors (Lipinski definition) is 2. The van der Waals surface area contributed by atoms with E-state index in [4.69, 9.17) is 0 Å². The fraction of sp³-hybridized carbons (Fsp3) is 0.412. The molecule has 25 heavy (non-hydrogen) atoms. The summed E-state index contributed by atoms with van der Waals surface area (Å²) in [5.74, 6) is -0.507. The summed E-state index contributed by atoms with van der Waals surface area (Å²) in [6.45, 7) is -1.12. The van der Waals surface area contributed by atoms with Crippen LogP contribution < -0.4 is 5.48 Å². The number of hydroxylamine groups is 1. The highest BCUT2D eigenvalue weighted by Gasteiger charge is 2.42. The number of carbonyl (C=O) groups excluding carboxylic acids is 1. The minimum absolute atomic E-state index is 0.361. The number of amides is 1. The normalized spacial score (nSPS) is 20.6. The molecule has 1 aliphatic rings. The maximum Gasteiger partial charge on any atom is 0.408 e. The number of nitrogens with zero attached hydrogens (tertiary/aromatic N) is 2. The lowest BCUT2D eigenvalue weighted by molar-refractivity contribution is -0.142. The zero-order valence-corrected chi connectivity index (χ0v) is 13.4. The molecule has 1 atom stereocenters. The van der Waals surface area contributed by atoms with Crippen LogP contribution in [0, 0.1) is 0 Å². The monoisotopic (exact) mass is 353 g/mol. The highest BCUT2D eigenvalue weighted by atomic mass is 19.4. The van der Waals surface area contributed by atoms with Crippen molar-refractivity contribution < 1.29 is 23.2 Å². The molecule has 1 aromatic heterocycles. The molecule has 2 aromatic rings. The maximum atomic E-state index is 12.5. The van der Waals surface area contributed by atoms with Gasteiger partial charge in [0.1, 0.15) is 6.54 Å². The summed E-state index contributed by atoms with van der Waals surface area (Å²) in [4.78, 5) is 12.4. The smallest absolute Gasteiger partial charge is 0.289 e. The van der Waals surface area contributed by atoms with E-state index in [0.717, 1.165) is 10.2 Å². The molecule has 1 aromatic carbocycles. The molecule has 0 aliphatic heterocycles. The van der Waals surface area contributed by atoms with Gasteiger partial charge in [0.15, 0.2) is 0 Å². The van der Waals surface area contributed by atoms with Crippen molar-refractivity contribution >= 4 is 5.91 Å². The minimum Gasteiger partial charge on any atom is -0.289 e. The van der Waals surface area contributed by atoms with E-state index in [1.165, 1.54) is 6.20 Å². The van der Waals surface area contributed by atoms with E-state index in [1.54, 1.807) is 5.48 Å². The first-order valence-electron chi connectivity index (χ1n) is 7.96. The van der Waals surface area contributed by atoms with Gasteiger partial charge in [0.25, 0.3) is 5.91 Å². The zero-order chi connectivity index (χ0) is 18.1. The molecule has 8 heteroatoms. The van der Waals surface area contributed by atoms with Crippen molar-refractivity contribution in [3.05, 3.63) is 53.3 Å². The fourth-order valence-electron chi connectivity index (χ4n) is 3.50. The number of hydrogen-bond acceptors (Lipinski definition) is 3. The van der Waals surface area contributed by atoms with Crippen molar-refractivity contribution in [3.8, 4) is 0 Å². The van der Waals surface area contributed by atoms with E-state index in [2.05, 4.69) is 5.10 Å². The van der Waals surface area contributed by atoms with E-state index < -0.39 is 24.0 Å². The summed E-state index contributed by atoms with van der Waals surface area (Å²) in [6, 6.07) is 9.11. The Morgan fingerprint density at radius 1 is 1.24 bits per heavy atom. The summed E-state index contributed by atoms with van der Waals surface area (Å²) in [7, 11) is 0. The van der Waals surface area contributed by atoms with Crippen LogP contribution in [-0.4, -0.2) is 27.1 Å². The van der Waals surface area contributed by atoms with Crippen molar-refractivity contribution in [1.82, 2.24) is 15.3 Å². The van der Waals surface area contributed by atoms with E-state index in [0.29, 0.717) is 36.9 Å².